The summed E-state index contributed by atoms with van der Waals surface area (Å²) >= 11 is 3.27. The van der Waals surface area contributed by atoms with Crippen LogP contribution < -0.4 is 4.73 Å². The van der Waals surface area contributed by atoms with Gasteiger partial charge >= 0.3 is 0 Å². The fourth-order valence-electron chi connectivity index (χ4n) is 1.78. The van der Waals surface area contributed by atoms with E-state index in [1.165, 1.54) is 0 Å². The Hall–Kier alpha value is -0.610. The molecule has 1 aromatic heterocycles. The fourth-order valence-corrected chi connectivity index (χ4v) is 2.10. The van der Waals surface area contributed by atoms with E-state index in [0.717, 1.165) is 41.0 Å². The van der Waals surface area contributed by atoms with Crippen molar-refractivity contribution in [3.8, 4) is 0 Å². The normalized spacial score (nSPS) is 18.4. The van der Waals surface area contributed by atoms with Crippen LogP contribution in [-0.2, 0) is 4.74 Å². The molecule has 0 atom stereocenters. The monoisotopic (exact) mass is 257 g/mol. The molecule has 0 bridgehead atoms. The Morgan fingerprint density at radius 2 is 2.07 bits per heavy atom. The molecule has 0 aromatic carbocycles. The first-order valence-corrected chi connectivity index (χ1v) is 5.53. The predicted octanol–water partition coefficient (Wildman–Crippen LogP) is 1.98. The Morgan fingerprint density at radius 1 is 1.36 bits per heavy atom. The van der Waals surface area contributed by atoms with E-state index in [2.05, 4.69) is 15.9 Å². The van der Waals surface area contributed by atoms with Crippen LogP contribution in [0.2, 0.25) is 0 Å². The lowest BCUT2D eigenvalue weighted by molar-refractivity contribution is -0.616. The molecule has 0 radical (unpaired) electrons. The van der Waals surface area contributed by atoms with Gasteiger partial charge in [0.2, 0.25) is 0 Å². The van der Waals surface area contributed by atoms with Crippen LogP contribution >= 0.6 is 15.9 Å². The maximum Gasteiger partial charge on any atom is 0.196 e. The molecule has 2 rings (SSSR count). The molecule has 0 aliphatic carbocycles. The smallest absolute Gasteiger partial charge is 0.196 e. The van der Waals surface area contributed by atoms with Gasteiger partial charge in [0.25, 0.3) is 0 Å². The molecule has 14 heavy (non-hydrogen) atoms. The topological polar surface area (TPSA) is 36.2 Å². The highest BCUT2D eigenvalue weighted by Crippen LogP contribution is 2.24. The van der Waals surface area contributed by atoms with Gasteiger partial charge in [0.05, 0.1) is 4.47 Å². The van der Waals surface area contributed by atoms with Crippen LogP contribution in [0, 0.1) is 5.21 Å². The highest BCUT2D eigenvalue weighted by atomic mass is 79.9. The molecule has 1 fully saturated rings. The molecule has 1 aromatic rings. The zero-order valence-electron chi connectivity index (χ0n) is 7.78. The summed E-state index contributed by atoms with van der Waals surface area (Å²) in [5.41, 5.74) is 0.858. The Kier molecular flexibility index (Phi) is 3.03. The fraction of sp³-hybridized carbons (Fsp3) is 0.500. The van der Waals surface area contributed by atoms with Crippen LogP contribution in [0.15, 0.2) is 22.8 Å². The van der Waals surface area contributed by atoms with Crippen molar-refractivity contribution in [2.45, 2.75) is 18.8 Å². The van der Waals surface area contributed by atoms with E-state index in [1.807, 2.05) is 12.1 Å². The van der Waals surface area contributed by atoms with Gasteiger partial charge in [-0.25, -0.2) is 0 Å². The van der Waals surface area contributed by atoms with E-state index in [-0.39, 0.29) is 0 Å². The maximum atomic E-state index is 11.6. The number of pyridine rings is 1. The van der Waals surface area contributed by atoms with E-state index in [1.54, 1.807) is 6.20 Å². The summed E-state index contributed by atoms with van der Waals surface area (Å²) in [5, 5.41) is 11.6. The van der Waals surface area contributed by atoms with Gasteiger partial charge in [0.15, 0.2) is 11.9 Å². The van der Waals surface area contributed by atoms with E-state index in [0.29, 0.717) is 5.92 Å². The minimum absolute atomic E-state index is 0.356. The highest BCUT2D eigenvalue weighted by molar-refractivity contribution is 9.10. The second-order valence-electron chi connectivity index (χ2n) is 3.48. The summed E-state index contributed by atoms with van der Waals surface area (Å²) in [5.74, 6) is 0.356. The predicted molar refractivity (Wildman–Crippen MR) is 55.9 cm³/mol. The Balaban J connectivity index is 2.22. The molecule has 1 saturated heterocycles. The number of aromatic nitrogens is 1. The van der Waals surface area contributed by atoms with Crippen LogP contribution in [0.5, 0.6) is 0 Å². The van der Waals surface area contributed by atoms with Crippen molar-refractivity contribution in [3.05, 3.63) is 33.7 Å². The lowest BCUT2D eigenvalue weighted by Crippen LogP contribution is -2.34. The van der Waals surface area contributed by atoms with Crippen molar-refractivity contribution < 1.29 is 9.47 Å². The second-order valence-corrected chi connectivity index (χ2v) is 4.40. The van der Waals surface area contributed by atoms with Gasteiger partial charge in [0.1, 0.15) is 0 Å². The minimum Gasteiger partial charge on any atom is -0.618 e. The summed E-state index contributed by atoms with van der Waals surface area (Å²) < 4.78 is 7.05. The Morgan fingerprint density at radius 3 is 2.71 bits per heavy atom. The first-order chi connectivity index (χ1) is 6.77. The summed E-state index contributed by atoms with van der Waals surface area (Å²) in [6, 6.07) is 3.81. The average Bonchev–Trinajstić information content (AvgIpc) is 2.19. The molecule has 0 N–H and O–H groups in total. The summed E-state index contributed by atoms with van der Waals surface area (Å²) in [6.45, 7) is 1.53. The summed E-state index contributed by atoms with van der Waals surface area (Å²) in [6.07, 6.45) is 3.46. The molecule has 1 aliphatic heterocycles. The molecule has 0 amide bonds. The van der Waals surface area contributed by atoms with Gasteiger partial charge in [-0.15, -0.1) is 0 Å². The van der Waals surface area contributed by atoms with Crippen molar-refractivity contribution in [3.63, 3.8) is 0 Å². The van der Waals surface area contributed by atoms with Crippen molar-refractivity contribution >= 4 is 15.9 Å². The van der Waals surface area contributed by atoms with E-state index in [9.17, 15) is 5.21 Å². The number of ether oxygens (including phenoxy) is 1. The van der Waals surface area contributed by atoms with E-state index in [4.69, 9.17) is 4.74 Å². The number of hydrogen-bond donors (Lipinski definition) is 0. The molecule has 3 nitrogen and oxygen atoms in total. The third-order valence-electron chi connectivity index (χ3n) is 2.55. The molecule has 1 aliphatic rings. The van der Waals surface area contributed by atoms with Crippen LogP contribution in [0.4, 0.5) is 0 Å². The van der Waals surface area contributed by atoms with Crippen molar-refractivity contribution in [1.82, 2.24) is 0 Å². The number of hydrogen-bond acceptors (Lipinski definition) is 2. The van der Waals surface area contributed by atoms with E-state index < -0.39 is 0 Å². The number of rotatable bonds is 1. The Bertz CT molecular complexity index is 324. The van der Waals surface area contributed by atoms with Crippen LogP contribution in [-0.4, -0.2) is 13.2 Å². The molecule has 0 spiro atoms. The zero-order chi connectivity index (χ0) is 9.97. The lowest BCUT2D eigenvalue weighted by atomic mass is 9.96. The van der Waals surface area contributed by atoms with E-state index >= 15 is 0 Å². The van der Waals surface area contributed by atoms with Gasteiger partial charge < -0.3 is 9.94 Å². The zero-order valence-corrected chi connectivity index (χ0v) is 9.37. The average molecular weight is 258 g/mol. The molecular formula is C10H12BrNO2. The molecular weight excluding hydrogens is 246 g/mol. The third-order valence-corrected chi connectivity index (χ3v) is 3.02. The van der Waals surface area contributed by atoms with Crippen LogP contribution in [0.25, 0.3) is 0 Å². The van der Waals surface area contributed by atoms with Crippen molar-refractivity contribution in [2.75, 3.05) is 13.2 Å². The molecule has 4 heteroatoms. The van der Waals surface area contributed by atoms with Crippen molar-refractivity contribution in [1.29, 1.82) is 0 Å². The number of halogens is 1. The third kappa shape index (κ3) is 2.07. The molecule has 76 valence electrons. The lowest BCUT2D eigenvalue weighted by Gasteiger charge is -2.20. The van der Waals surface area contributed by atoms with Gasteiger partial charge in [-0.2, -0.15) is 4.73 Å². The van der Waals surface area contributed by atoms with Crippen LogP contribution in [0.1, 0.15) is 24.5 Å². The van der Waals surface area contributed by atoms with Gasteiger partial charge in [-0.05, 0) is 34.8 Å². The van der Waals surface area contributed by atoms with Gasteiger partial charge in [0, 0.05) is 25.2 Å². The molecule has 2 heterocycles. The summed E-state index contributed by atoms with van der Waals surface area (Å²) in [4.78, 5) is 0. The SMILES string of the molecule is [O-][n+]1cc(Br)ccc1C1CCOCC1. The second kappa shape index (κ2) is 4.28. The number of nitrogens with zero attached hydrogens (tertiary/aromatic N) is 1. The van der Waals surface area contributed by atoms with Gasteiger partial charge in [-0.1, -0.05) is 0 Å². The van der Waals surface area contributed by atoms with Crippen LogP contribution in [0.3, 0.4) is 0 Å². The molecule has 0 unspecified atom stereocenters. The van der Waals surface area contributed by atoms with Gasteiger partial charge in [-0.3, -0.25) is 0 Å². The first kappa shape index (κ1) is 9.93. The maximum absolute atomic E-state index is 11.6. The Labute approximate surface area is 91.4 Å². The summed E-state index contributed by atoms with van der Waals surface area (Å²) in [7, 11) is 0. The minimum atomic E-state index is 0.356. The van der Waals surface area contributed by atoms with Crippen molar-refractivity contribution in [2.24, 2.45) is 0 Å². The largest absolute Gasteiger partial charge is 0.618 e. The molecule has 0 saturated carbocycles. The first-order valence-electron chi connectivity index (χ1n) is 4.74. The standard InChI is InChI=1S/C10H12BrNO2/c11-9-1-2-10(12(13)7-9)8-3-5-14-6-4-8/h1-2,7-8H,3-6H2. The highest BCUT2D eigenvalue weighted by Gasteiger charge is 2.22. The quantitative estimate of drug-likeness (QED) is 0.570.